The molecule has 0 aliphatic carbocycles. The van der Waals surface area contributed by atoms with E-state index in [1.165, 1.54) is 36.2 Å². The molecule has 7 nitrogen and oxygen atoms in total. The molecule has 0 spiro atoms. The molecule has 0 unspecified atom stereocenters. The number of urea groups is 1. The van der Waals surface area contributed by atoms with Gasteiger partial charge in [-0.25, -0.2) is 9.18 Å². The Morgan fingerprint density at radius 2 is 1.78 bits per heavy atom. The molecule has 1 aliphatic heterocycles. The van der Waals surface area contributed by atoms with E-state index in [-0.39, 0.29) is 0 Å². The Morgan fingerprint density at radius 1 is 1.15 bits per heavy atom. The molecule has 8 heteroatoms. The van der Waals surface area contributed by atoms with Crippen LogP contribution in [0.1, 0.15) is 12.5 Å². The van der Waals surface area contributed by atoms with Crippen molar-refractivity contribution in [3.05, 3.63) is 66.0 Å². The van der Waals surface area contributed by atoms with Gasteiger partial charge < -0.3 is 5.32 Å². The number of hydrazine groups is 1. The lowest BCUT2D eigenvalue weighted by Crippen LogP contribution is -2.47. The maximum absolute atomic E-state index is 13.1. The molecule has 2 aromatic carbocycles. The Kier molecular flexibility index (Phi) is 4.81. The lowest BCUT2D eigenvalue weighted by Gasteiger charge is -2.23. The molecular formula is C19H19FN4O3. The Hall–Kier alpha value is -3.42. The van der Waals surface area contributed by atoms with Gasteiger partial charge in [0.1, 0.15) is 17.9 Å². The van der Waals surface area contributed by atoms with Crippen LogP contribution in [0.5, 0.6) is 0 Å². The standard InChI is InChI=1S/C19H19FN4O3/c1-19(13-8-10-14(20)11-9-13)17(26)24(18(27)21-19)12-16(25)22-23(2)15-6-4-3-5-7-15/h3-11H,12H2,1-2H3,(H,21,27)(H,22,25)/t19-/m0/s1. The minimum absolute atomic E-state index is 0.432. The second-order valence-corrected chi connectivity index (χ2v) is 6.38. The molecule has 1 heterocycles. The molecule has 0 radical (unpaired) electrons. The maximum Gasteiger partial charge on any atom is 0.325 e. The molecule has 140 valence electrons. The van der Waals surface area contributed by atoms with Crippen molar-refractivity contribution < 1.29 is 18.8 Å². The van der Waals surface area contributed by atoms with Gasteiger partial charge in [-0.05, 0) is 36.8 Å². The number of hydrogen-bond acceptors (Lipinski definition) is 4. The summed E-state index contributed by atoms with van der Waals surface area (Å²) in [6.07, 6.45) is 0. The van der Waals surface area contributed by atoms with Gasteiger partial charge in [-0.1, -0.05) is 30.3 Å². The summed E-state index contributed by atoms with van der Waals surface area (Å²) in [7, 11) is 1.65. The molecular weight excluding hydrogens is 351 g/mol. The minimum Gasteiger partial charge on any atom is -0.319 e. The summed E-state index contributed by atoms with van der Waals surface area (Å²) in [4.78, 5) is 38.2. The van der Waals surface area contributed by atoms with Gasteiger partial charge in [0.15, 0.2) is 0 Å². The quantitative estimate of drug-likeness (QED) is 0.621. The Morgan fingerprint density at radius 3 is 2.41 bits per heavy atom. The average molecular weight is 370 g/mol. The number of nitrogens with zero attached hydrogens (tertiary/aromatic N) is 2. The van der Waals surface area contributed by atoms with E-state index in [0.717, 1.165) is 10.6 Å². The highest BCUT2D eigenvalue weighted by atomic mass is 19.1. The van der Waals surface area contributed by atoms with Crippen molar-refractivity contribution in [1.29, 1.82) is 0 Å². The fraction of sp³-hybridized carbons (Fsp3) is 0.211. The molecule has 0 bridgehead atoms. The zero-order valence-corrected chi connectivity index (χ0v) is 14.9. The first-order valence-corrected chi connectivity index (χ1v) is 8.29. The number of nitrogens with one attached hydrogen (secondary N) is 2. The van der Waals surface area contributed by atoms with E-state index < -0.39 is 35.7 Å². The van der Waals surface area contributed by atoms with Crippen LogP contribution >= 0.6 is 0 Å². The Labute approximate surface area is 155 Å². The molecule has 4 amide bonds. The molecule has 27 heavy (non-hydrogen) atoms. The molecule has 1 atom stereocenters. The van der Waals surface area contributed by atoms with Gasteiger partial charge in [-0.3, -0.25) is 24.9 Å². The van der Waals surface area contributed by atoms with E-state index in [1.807, 2.05) is 18.2 Å². The maximum atomic E-state index is 13.1. The van der Waals surface area contributed by atoms with Gasteiger partial charge in [0.05, 0.1) is 5.69 Å². The van der Waals surface area contributed by atoms with Crippen molar-refractivity contribution in [2.24, 2.45) is 0 Å². The summed E-state index contributed by atoms with van der Waals surface area (Å²) in [6, 6.07) is 13.7. The predicted molar refractivity (Wildman–Crippen MR) is 97.0 cm³/mol. The van der Waals surface area contributed by atoms with Gasteiger partial charge >= 0.3 is 6.03 Å². The minimum atomic E-state index is -1.35. The molecule has 0 saturated carbocycles. The Bertz CT molecular complexity index is 872. The number of benzene rings is 2. The Balaban J connectivity index is 1.70. The third-order valence-electron chi connectivity index (χ3n) is 4.43. The van der Waals surface area contributed by atoms with E-state index in [9.17, 15) is 18.8 Å². The van der Waals surface area contributed by atoms with Gasteiger partial charge in [-0.15, -0.1) is 0 Å². The smallest absolute Gasteiger partial charge is 0.319 e. The SMILES string of the molecule is CN(NC(=O)CN1C(=O)N[C@@](C)(c2ccc(F)cc2)C1=O)c1ccccc1. The topological polar surface area (TPSA) is 81.8 Å². The van der Waals surface area contributed by atoms with Crippen LogP contribution in [-0.2, 0) is 15.1 Å². The lowest BCUT2D eigenvalue weighted by atomic mass is 9.92. The van der Waals surface area contributed by atoms with Crippen LogP contribution in [0.15, 0.2) is 54.6 Å². The van der Waals surface area contributed by atoms with Crippen molar-refractivity contribution in [2.45, 2.75) is 12.5 Å². The predicted octanol–water partition coefficient (Wildman–Crippen LogP) is 1.76. The number of hydrogen-bond donors (Lipinski definition) is 2. The first kappa shape index (κ1) is 18.4. The van der Waals surface area contributed by atoms with Gasteiger partial charge in [0.25, 0.3) is 11.8 Å². The molecule has 1 fully saturated rings. The third-order valence-corrected chi connectivity index (χ3v) is 4.43. The van der Waals surface area contributed by atoms with Crippen LogP contribution < -0.4 is 15.8 Å². The number of rotatable bonds is 5. The lowest BCUT2D eigenvalue weighted by molar-refractivity contribution is -0.134. The van der Waals surface area contributed by atoms with Crippen molar-refractivity contribution >= 4 is 23.5 Å². The molecule has 2 N–H and O–H groups in total. The number of anilines is 1. The normalized spacial score (nSPS) is 19.0. The van der Waals surface area contributed by atoms with Crippen LogP contribution in [0, 0.1) is 5.82 Å². The van der Waals surface area contributed by atoms with Gasteiger partial charge in [0, 0.05) is 7.05 Å². The van der Waals surface area contributed by atoms with Crippen molar-refractivity contribution in [3.63, 3.8) is 0 Å². The van der Waals surface area contributed by atoms with E-state index >= 15 is 0 Å². The zero-order chi connectivity index (χ0) is 19.6. The summed E-state index contributed by atoms with van der Waals surface area (Å²) in [6.45, 7) is 1.09. The molecule has 1 aliphatic rings. The molecule has 2 aromatic rings. The van der Waals surface area contributed by atoms with Crippen LogP contribution in [0.3, 0.4) is 0 Å². The second-order valence-electron chi connectivity index (χ2n) is 6.38. The fourth-order valence-electron chi connectivity index (χ4n) is 2.90. The molecule has 3 rings (SSSR count). The number of amides is 4. The van der Waals surface area contributed by atoms with Crippen LogP contribution in [0.2, 0.25) is 0 Å². The first-order chi connectivity index (χ1) is 12.8. The van der Waals surface area contributed by atoms with Crippen LogP contribution in [0.25, 0.3) is 0 Å². The van der Waals surface area contributed by atoms with Crippen molar-refractivity contribution in [1.82, 2.24) is 15.6 Å². The number of carbonyl (C=O) groups excluding carboxylic acids is 3. The highest BCUT2D eigenvalue weighted by Crippen LogP contribution is 2.28. The summed E-state index contributed by atoms with van der Waals surface area (Å²) in [5.74, 6) is -1.54. The van der Waals surface area contributed by atoms with E-state index in [1.54, 1.807) is 19.2 Å². The summed E-state index contributed by atoms with van der Waals surface area (Å²) in [5, 5.41) is 4.08. The summed E-state index contributed by atoms with van der Waals surface area (Å²) in [5.41, 5.74) is 2.44. The summed E-state index contributed by atoms with van der Waals surface area (Å²) >= 11 is 0. The number of para-hydroxylation sites is 1. The number of carbonyl (C=O) groups is 3. The highest BCUT2D eigenvalue weighted by molar-refractivity contribution is 6.09. The monoisotopic (exact) mass is 370 g/mol. The fourth-order valence-corrected chi connectivity index (χ4v) is 2.90. The zero-order valence-electron chi connectivity index (χ0n) is 14.9. The van der Waals surface area contributed by atoms with Crippen LogP contribution in [0.4, 0.5) is 14.9 Å². The summed E-state index contributed by atoms with van der Waals surface area (Å²) < 4.78 is 13.1. The molecule has 0 aromatic heterocycles. The van der Waals surface area contributed by atoms with E-state index in [2.05, 4.69) is 10.7 Å². The average Bonchev–Trinajstić information content (AvgIpc) is 2.87. The van der Waals surface area contributed by atoms with Gasteiger partial charge in [0.2, 0.25) is 0 Å². The van der Waals surface area contributed by atoms with Crippen molar-refractivity contribution in [3.8, 4) is 0 Å². The van der Waals surface area contributed by atoms with Gasteiger partial charge in [-0.2, -0.15) is 0 Å². The van der Waals surface area contributed by atoms with E-state index in [4.69, 9.17) is 0 Å². The third kappa shape index (κ3) is 3.59. The number of imide groups is 1. The molecule has 1 saturated heterocycles. The highest BCUT2D eigenvalue weighted by Gasteiger charge is 2.49. The first-order valence-electron chi connectivity index (χ1n) is 8.29. The van der Waals surface area contributed by atoms with Crippen molar-refractivity contribution in [2.75, 3.05) is 18.6 Å². The van der Waals surface area contributed by atoms with E-state index in [0.29, 0.717) is 5.56 Å². The largest absolute Gasteiger partial charge is 0.325 e. The number of halogens is 1. The van der Waals surface area contributed by atoms with Crippen LogP contribution in [-0.4, -0.2) is 36.3 Å². The second kappa shape index (κ2) is 7.06.